The van der Waals surface area contributed by atoms with E-state index in [0.29, 0.717) is 12.8 Å². The molecule has 20 heavy (non-hydrogen) atoms. The number of hydrogen-bond donors (Lipinski definition) is 2. The van der Waals surface area contributed by atoms with Gasteiger partial charge in [0, 0.05) is 33.8 Å². The highest BCUT2D eigenvalue weighted by Gasteiger charge is 2.33. The van der Waals surface area contributed by atoms with E-state index in [1.165, 1.54) is 18.5 Å². The van der Waals surface area contributed by atoms with Crippen LogP contribution >= 0.6 is 0 Å². The molecule has 0 aromatic rings. The van der Waals surface area contributed by atoms with Crippen LogP contribution in [0.25, 0.3) is 0 Å². The number of aliphatic hydroxyl groups is 1. The molecule has 1 fully saturated rings. The summed E-state index contributed by atoms with van der Waals surface area (Å²) in [5.41, 5.74) is 0. The number of nitrogens with zero attached hydrogens (tertiary/aromatic N) is 2. The first kappa shape index (κ1) is 17.3. The van der Waals surface area contributed by atoms with E-state index in [-0.39, 0.29) is 26.2 Å². The number of methoxy groups -OCH3 is 1. The standard InChI is InChI=1S/C11H22N2O6S/c1-12(7-10(14)8-19-2)20(17,18)13-5-3-9(4-6-13)11(15)16/h9-10,14H,3-8H2,1-2H3,(H,15,16). The van der Waals surface area contributed by atoms with Gasteiger partial charge in [0.2, 0.25) is 0 Å². The zero-order valence-corrected chi connectivity index (χ0v) is 12.5. The summed E-state index contributed by atoms with van der Waals surface area (Å²) < 4.78 is 31.6. The maximum absolute atomic E-state index is 12.3. The van der Waals surface area contributed by atoms with E-state index in [9.17, 15) is 18.3 Å². The van der Waals surface area contributed by atoms with Crippen LogP contribution in [-0.4, -0.2) is 79.7 Å². The monoisotopic (exact) mass is 310 g/mol. The summed E-state index contributed by atoms with van der Waals surface area (Å²) in [6.45, 7) is 0.365. The Labute approximate surface area is 119 Å². The van der Waals surface area contributed by atoms with E-state index in [2.05, 4.69) is 0 Å². The Balaban J connectivity index is 2.59. The Hall–Kier alpha value is -0.740. The summed E-state index contributed by atoms with van der Waals surface area (Å²) in [4.78, 5) is 10.8. The van der Waals surface area contributed by atoms with Gasteiger partial charge in [-0.25, -0.2) is 0 Å². The lowest BCUT2D eigenvalue weighted by atomic mass is 9.99. The Morgan fingerprint density at radius 2 is 2.00 bits per heavy atom. The molecule has 0 saturated carbocycles. The predicted octanol–water partition coefficient (Wildman–Crippen LogP) is -1.03. The Bertz CT molecular complexity index is 419. The van der Waals surface area contributed by atoms with E-state index in [4.69, 9.17) is 9.84 Å². The number of likely N-dealkylation sites (N-methyl/N-ethyl adjacent to an activating group) is 1. The molecular formula is C11H22N2O6S. The minimum atomic E-state index is -3.67. The van der Waals surface area contributed by atoms with Gasteiger partial charge >= 0.3 is 5.97 Å². The first-order valence-electron chi connectivity index (χ1n) is 6.40. The molecule has 0 amide bonds. The van der Waals surface area contributed by atoms with Gasteiger partial charge in [0.25, 0.3) is 10.2 Å². The van der Waals surface area contributed by atoms with Crippen molar-refractivity contribution in [1.82, 2.24) is 8.61 Å². The second-order valence-electron chi connectivity index (χ2n) is 4.91. The van der Waals surface area contributed by atoms with Gasteiger partial charge < -0.3 is 14.9 Å². The Kier molecular flexibility index (Phi) is 6.34. The second kappa shape index (κ2) is 7.32. The largest absolute Gasteiger partial charge is 0.481 e. The van der Waals surface area contributed by atoms with Crippen molar-refractivity contribution in [3.8, 4) is 0 Å². The van der Waals surface area contributed by atoms with Crippen molar-refractivity contribution in [2.75, 3.05) is 40.4 Å². The molecule has 1 atom stereocenters. The van der Waals surface area contributed by atoms with Crippen LogP contribution < -0.4 is 0 Å². The van der Waals surface area contributed by atoms with Crippen LogP contribution in [0, 0.1) is 5.92 Å². The summed E-state index contributed by atoms with van der Waals surface area (Å²) >= 11 is 0. The van der Waals surface area contributed by atoms with Gasteiger partial charge in [-0.3, -0.25) is 4.79 Å². The molecule has 1 saturated heterocycles. The number of aliphatic hydroxyl groups excluding tert-OH is 1. The molecule has 118 valence electrons. The highest BCUT2D eigenvalue weighted by molar-refractivity contribution is 7.86. The second-order valence-corrected chi connectivity index (χ2v) is 6.94. The molecule has 1 unspecified atom stereocenters. The SMILES string of the molecule is COCC(O)CN(C)S(=O)(=O)N1CCC(C(=O)O)CC1. The normalized spacial score (nSPS) is 20.2. The highest BCUT2D eigenvalue weighted by Crippen LogP contribution is 2.21. The third kappa shape index (κ3) is 4.38. The van der Waals surface area contributed by atoms with Crippen molar-refractivity contribution < 1.29 is 28.2 Å². The van der Waals surface area contributed by atoms with Crippen LogP contribution in [0.15, 0.2) is 0 Å². The predicted molar refractivity (Wildman–Crippen MR) is 71.4 cm³/mol. The van der Waals surface area contributed by atoms with E-state index in [1.54, 1.807) is 0 Å². The zero-order chi connectivity index (χ0) is 15.3. The Morgan fingerprint density at radius 1 is 1.45 bits per heavy atom. The average molecular weight is 310 g/mol. The van der Waals surface area contributed by atoms with Gasteiger partial charge in [-0.15, -0.1) is 0 Å². The molecule has 0 aromatic heterocycles. The number of carboxylic acid groups (broad SMARTS) is 1. The van der Waals surface area contributed by atoms with Gasteiger partial charge in [0.05, 0.1) is 18.6 Å². The van der Waals surface area contributed by atoms with E-state index >= 15 is 0 Å². The summed E-state index contributed by atoms with van der Waals surface area (Å²) in [6, 6.07) is 0. The molecule has 9 heteroatoms. The molecular weight excluding hydrogens is 288 g/mol. The molecule has 1 rings (SSSR count). The lowest BCUT2D eigenvalue weighted by Gasteiger charge is -2.32. The molecule has 0 bridgehead atoms. The molecule has 1 heterocycles. The van der Waals surface area contributed by atoms with Crippen molar-refractivity contribution in [3.63, 3.8) is 0 Å². The lowest BCUT2D eigenvalue weighted by molar-refractivity contribution is -0.142. The third-order valence-electron chi connectivity index (χ3n) is 3.35. The van der Waals surface area contributed by atoms with Crippen LogP contribution in [-0.2, 0) is 19.7 Å². The minimum absolute atomic E-state index is 0.0565. The number of carbonyl (C=O) groups is 1. The Morgan fingerprint density at radius 3 is 2.45 bits per heavy atom. The molecule has 2 N–H and O–H groups in total. The fourth-order valence-electron chi connectivity index (χ4n) is 2.17. The summed E-state index contributed by atoms with van der Waals surface area (Å²) in [6.07, 6.45) is -0.275. The number of piperidine rings is 1. The number of aliphatic carboxylic acids is 1. The summed E-state index contributed by atoms with van der Waals surface area (Å²) in [5.74, 6) is -1.36. The number of ether oxygens (including phenoxy) is 1. The number of rotatable bonds is 7. The smallest absolute Gasteiger partial charge is 0.306 e. The van der Waals surface area contributed by atoms with Crippen LogP contribution in [0.2, 0.25) is 0 Å². The zero-order valence-electron chi connectivity index (χ0n) is 11.7. The van der Waals surface area contributed by atoms with Gasteiger partial charge in [-0.1, -0.05) is 0 Å². The summed E-state index contributed by atoms with van der Waals surface area (Å²) in [7, 11) is -0.855. The van der Waals surface area contributed by atoms with Crippen molar-refractivity contribution >= 4 is 16.2 Å². The van der Waals surface area contributed by atoms with Gasteiger partial charge in [0.1, 0.15) is 0 Å². The summed E-state index contributed by atoms with van der Waals surface area (Å²) in [5, 5.41) is 18.5. The number of carboxylic acids is 1. The first-order valence-corrected chi connectivity index (χ1v) is 7.80. The molecule has 0 aromatic carbocycles. The maximum atomic E-state index is 12.3. The third-order valence-corrected chi connectivity index (χ3v) is 5.30. The fourth-order valence-corrected chi connectivity index (χ4v) is 3.59. The van der Waals surface area contributed by atoms with E-state index in [0.717, 1.165) is 4.31 Å². The van der Waals surface area contributed by atoms with Crippen LogP contribution in [0.4, 0.5) is 0 Å². The van der Waals surface area contributed by atoms with Gasteiger partial charge in [-0.2, -0.15) is 17.0 Å². The highest BCUT2D eigenvalue weighted by atomic mass is 32.2. The van der Waals surface area contributed by atoms with Gasteiger partial charge in [0.15, 0.2) is 0 Å². The van der Waals surface area contributed by atoms with Gasteiger partial charge in [-0.05, 0) is 12.8 Å². The van der Waals surface area contributed by atoms with Crippen LogP contribution in [0.1, 0.15) is 12.8 Å². The molecule has 8 nitrogen and oxygen atoms in total. The minimum Gasteiger partial charge on any atom is -0.481 e. The fraction of sp³-hybridized carbons (Fsp3) is 0.909. The number of hydrogen-bond acceptors (Lipinski definition) is 5. The average Bonchev–Trinajstić information content (AvgIpc) is 2.38. The quantitative estimate of drug-likeness (QED) is 0.622. The topological polar surface area (TPSA) is 107 Å². The molecule has 0 spiro atoms. The van der Waals surface area contributed by atoms with Crippen LogP contribution in [0.3, 0.4) is 0 Å². The van der Waals surface area contributed by atoms with Crippen molar-refractivity contribution in [1.29, 1.82) is 0 Å². The van der Waals surface area contributed by atoms with E-state index in [1.807, 2.05) is 0 Å². The lowest BCUT2D eigenvalue weighted by Crippen LogP contribution is -2.48. The van der Waals surface area contributed by atoms with Crippen molar-refractivity contribution in [2.24, 2.45) is 5.92 Å². The maximum Gasteiger partial charge on any atom is 0.306 e. The molecule has 1 aliphatic heterocycles. The van der Waals surface area contributed by atoms with Crippen molar-refractivity contribution in [3.05, 3.63) is 0 Å². The van der Waals surface area contributed by atoms with E-state index < -0.39 is 28.2 Å². The molecule has 0 aliphatic carbocycles. The molecule has 0 radical (unpaired) electrons. The van der Waals surface area contributed by atoms with Crippen molar-refractivity contribution in [2.45, 2.75) is 18.9 Å². The van der Waals surface area contributed by atoms with Crippen LogP contribution in [0.5, 0.6) is 0 Å². The first-order chi connectivity index (χ1) is 9.28. The molecule has 1 aliphatic rings.